The van der Waals surface area contributed by atoms with Crippen LogP contribution >= 0.6 is 0 Å². The number of nitrogens with one attached hydrogen (secondary N) is 1. The Morgan fingerprint density at radius 2 is 1.81 bits per heavy atom. The molecular formula is C18H29N3. The molecule has 3 rings (SSSR count). The smallest absolute Gasteiger partial charge is 0.0445 e. The third kappa shape index (κ3) is 4.44. The van der Waals surface area contributed by atoms with Crippen molar-refractivity contribution in [3.8, 4) is 0 Å². The Balaban J connectivity index is 1.78. The minimum Gasteiger partial charge on any atom is -0.371 e. The fraction of sp³-hybridized carbons (Fsp3) is 0.722. The summed E-state index contributed by atoms with van der Waals surface area (Å²) in [4.78, 5) is 7.18. The molecule has 0 atom stereocenters. The predicted molar refractivity (Wildman–Crippen MR) is 88.6 cm³/mol. The minimum atomic E-state index is 0.513. The molecular weight excluding hydrogens is 258 g/mol. The van der Waals surface area contributed by atoms with Gasteiger partial charge in [-0.25, -0.2) is 0 Å². The number of hydrogen-bond donors (Lipinski definition) is 1. The number of hydrogen-bond acceptors (Lipinski definition) is 3. The lowest BCUT2D eigenvalue weighted by molar-refractivity contribution is 0.584. The monoisotopic (exact) mass is 287 g/mol. The molecule has 0 amide bonds. The highest BCUT2D eigenvalue weighted by atomic mass is 15.1. The fourth-order valence-corrected chi connectivity index (χ4v) is 2.81. The van der Waals surface area contributed by atoms with Crippen LogP contribution in [0.3, 0.4) is 0 Å². The van der Waals surface area contributed by atoms with Crippen LogP contribution in [-0.4, -0.2) is 24.1 Å². The van der Waals surface area contributed by atoms with Crippen LogP contribution in [0, 0.1) is 18.8 Å². The summed E-state index contributed by atoms with van der Waals surface area (Å²) in [7, 11) is 0. The Kier molecular flexibility index (Phi) is 4.48. The van der Waals surface area contributed by atoms with E-state index in [-0.39, 0.29) is 0 Å². The maximum absolute atomic E-state index is 4.52. The standard InChI is InChI=1S/C18H29N3/c1-13(2)19-9-17-10-20-14(3)8-18(17)21(11-15-4-5-15)12-16-6-7-16/h8,10,13,15-16,19H,4-7,9,11-12H2,1-3H3. The van der Waals surface area contributed by atoms with Gasteiger partial charge in [-0.15, -0.1) is 0 Å². The number of aryl methyl sites for hydroxylation is 1. The SMILES string of the molecule is Cc1cc(N(CC2CC2)CC2CC2)c(CNC(C)C)cn1. The first-order valence-electron chi connectivity index (χ1n) is 8.55. The Morgan fingerprint density at radius 3 is 2.33 bits per heavy atom. The number of anilines is 1. The molecule has 0 unspecified atom stereocenters. The first-order chi connectivity index (χ1) is 10.1. The van der Waals surface area contributed by atoms with E-state index in [4.69, 9.17) is 0 Å². The van der Waals surface area contributed by atoms with Gasteiger partial charge in [0.2, 0.25) is 0 Å². The van der Waals surface area contributed by atoms with Gasteiger partial charge in [0.15, 0.2) is 0 Å². The molecule has 1 N–H and O–H groups in total. The zero-order valence-electron chi connectivity index (χ0n) is 13.7. The van der Waals surface area contributed by atoms with E-state index in [2.05, 4.69) is 48.2 Å². The summed E-state index contributed by atoms with van der Waals surface area (Å²) in [5, 5.41) is 3.55. The highest BCUT2D eigenvalue weighted by Crippen LogP contribution is 2.36. The molecule has 0 aromatic carbocycles. The molecule has 116 valence electrons. The van der Waals surface area contributed by atoms with Gasteiger partial charge in [-0.05, 0) is 50.5 Å². The topological polar surface area (TPSA) is 28.2 Å². The van der Waals surface area contributed by atoms with Crippen LogP contribution < -0.4 is 10.2 Å². The van der Waals surface area contributed by atoms with Gasteiger partial charge in [-0.3, -0.25) is 4.98 Å². The Labute approximate surface area is 129 Å². The number of aromatic nitrogens is 1. The summed E-state index contributed by atoms with van der Waals surface area (Å²) in [6, 6.07) is 2.81. The van der Waals surface area contributed by atoms with Crippen LogP contribution in [0.4, 0.5) is 5.69 Å². The first kappa shape index (κ1) is 14.8. The molecule has 1 heterocycles. The lowest BCUT2D eigenvalue weighted by Gasteiger charge is -2.28. The summed E-state index contributed by atoms with van der Waals surface area (Å²) in [6.07, 6.45) is 7.76. The summed E-state index contributed by atoms with van der Waals surface area (Å²) >= 11 is 0. The molecule has 2 fully saturated rings. The van der Waals surface area contributed by atoms with Gasteiger partial charge in [0.1, 0.15) is 0 Å². The zero-order valence-corrected chi connectivity index (χ0v) is 13.7. The van der Waals surface area contributed by atoms with E-state index in [1.807, 2.05) is 0 Å². The second kappa shape index (κ2) is 6.35. The molecule has 3 heteroatoms. The third-order valence-corrected chi connectivity index (χ3v) is 4.49. The molecule has 2 aliphatic rings. The van der Waals surface area contributed by atoms with E-state index in [9.17, 15) is 0 Å². The van der Waals surface area contributed by atoms with Crippen LogP contribution in [0.25, 0.3) is 0 Å². The van der Waals surface area contributed by atoms with Gasteiger partial charge in [-0.2, -0.15) is 0 Å². The molecule has 0 aliphatic heterocycles. The minimum absolute atomic E-state index is 0.513. The third-order valence-electron chi connectivity index (χ3n) is 4.49. The summed E-state index contributed by atoms with van der Waals surface area (Å²) < 4.78 is 0. The van der Waals surface area contributed by atoms with Crippen molar-refractivity contribution < 1.29 is 0 Å². The zero-order chi connectivity index (χ0) is 14.8. The van der Waals surface area contributed by atoms with Crippen LogP contribution in [-0.2, 0) is 6.54 Å². The maximum atomic E-state index is 4.52. The van der Waals surface area contributed by atoms with E-state index in [1.54, 1.807) is 0 Å². The van der Waals surface area contributed by atoms with E-state index in [1.165, 1.54) is 50.0 Å². The van der Waals surface area contributed by atoms with Crippen molar-refractivity contribution in [2.24, 2.45) is 11.8 Å². The van der Waals surface area contributed by atoms with Gasteiger partial charge in [0.05, 0.1) is 0 Å². The van der Waals surface area contributed by atoms with Gasteiger partial charge in [-0.1, -0.05) is 13.8 Å². The Bertz CT molecular complexity index is 461. The second-order valence-electron chi connectivity index (χ2n) is 7.28. The van der Waals surface area contributed by atoms with E-state index in [0.717, 1.165) is 24.1 Å². The van der Waals surface area contributed by atoms with Crippen LogP contribution in [0.1, 0.15) is 50.8 Å². The fourth-order valence-electron chi connectivity index (χ4n) is 2.81. The van der Waals surface area contributed by atoms with Crippen molar-refractivity contribution in [2.75, 3.05) is 18.0 Å². The second-order valence-corrected chi connectivity index (χ2v) is 7.28. The molecule has 0 saturated heterocycles. The van der Waals surface area contributed by atoms with Crippen LogP contribution in [0.5, 0.6) is 0 Å². The van der Waals surface area contributed by atoms with E-state index < -0.39 is 0 Å². The number of rotatable bonds is 8. The molecule has 1 aromatic rings. The molecule has 0 radical (unpaired) electrons. The average Bonchev–Trinajstić information content (AvgIpc) is 3.31. The highest BCUT2D eigenvalue weighted by Gasteiger charge is 2.30. The van der Waals surface area contributed by atoms with Crippen molar-refractivity contribution in [2.45, 2.75) is 59.0 Å². The lowest BCUT2D eigenvalue weighted by atomic mass is 10.1. The molecule has 2 aliphatic carbocycles. The number of nitrogens with zero attached hydrogens (tertiary/aromatic N) is 2. The molecule has 0 bridgehead atoms. The predicted octanol–water partition coefficient (Wildman–Crippen LogP) is 3.51. The summed E-state index contributed by atoms with van der Waals surface area (Å²) in [5.41, 5.74) is 3.92. The molecule has 1 aromatic heterocycles. The van der Waals surface area contributed by atoms with Crippen molar-refractivity contribution in [3.05, 3.63) is 23.5 Å². The van der Waals surface area contributed by atoms with Crippen molar-refractivity contribution in [3.63, 3.8) is 0 Å². The molecule has 2 saturated carbocycles. The Morgan fingerprint density at radius 1 is 1.19 bits per heavy atom. The van der Waals surface area contributed by atoms with Crippen molar-refractivity contribution >= 4 is 5.69 Å². The van der Waals surface area contributed by atoms with Gasteiger partial charge in [0.25, 0.3) is 0 Å². The normalized spacial score (nSPS) is 18.3. The summed E-state index contributed by atoms with van der Waals surface area (Å²) in [5.74, 6) is 1.87. The molecule has 21 heavy (non-hydrogen) atoms. The molecule has 0 spiro atoms. The van der Waals surface area contributed by atoms with Crippen molar-refractivity contribution in [1.29, 1.82) is 0 Å². The maximum Gasteiger partial charge on any atom is 0.0445 e. The quantitative estimate of drug-likeness (QED) is 0.793. The van der Waals surface area contributed by atoms with Gasteiger partial charge in [0, 0.05) is 48.8 Å². The lowest BCUT2D eigenvalue weighted by Crippen LogP contribution is -2.30. The van der Waals surface area contributed by atoms with Gasteiger partial charge < -0.3 is 10.2 Å². The average molecular weight is 287 g/mol. The van der Waals surface area contributed by atoms with Crippen LogP contribution in [0.2, 0.25) is 0 Å². The number of pyridine rings is 1. The summed E-state index contributed by atoms with van der Waals surface area (Å²) in [6.45, 7) is 9.92. The highest BCUT2D eigenvalue weighted by molar-refractivity contribution is 5.54. The van der Waals surface area contributed by atoms with Gasteiger partial charge >= 0.3 is 0 Å². The first-order valence-corrected chi connectivity index (χ1v) is 8.55. The van der Waals surface area contributed by atoms with Crippen molar-refractivity contribution in [1.82, 2.24) is 10.3 Å². The van der Waals surface area contributed by atoms with Crippen LogP contribution in [0.15, 0.2) is 12.3 Å². The van der Waals surface area contributed by atoms with E-state index in [0.29, 0.717) is 6.04 Å². The Hall–Kier alpha value is -1.09. The van der Waals surface area contributed by atoms with E-state index >= 15 is 0 Å². The molecule has 3 nitrogen and oxygen atoms in total. The largest absolute Gasteiger partial charge is 0.371 e.